The zero-order valence-electron chi connectivity index (χ0n) is 15.4. The van der Waals surface area contributed by atoms with Gasteiger partial charge in [0.1, 0.15) is 0 Å². The molecular formula is C20H25ClN2O3S. The van der Waals surface area contributed by atoms with Gasteiger partial charge < -0.3 is 5.32 Å². The van der Waals surface area contributed by atoms with Gasteiger partial charge in [-0.3, -0.25) is 4.79 Å². The van der Waals surface area contributed by atoms with Crippen molar-refractivity contribution in [2.75, 3.05) is 11.9 Å². The summed E-state index contributed by atoms with van der Waals surface area (Å²) in [7, 11) is -3.52. The zero-order valence-corrected chi connectivity index (χ0v) is 16.9. The number of anilines is 1. The molecule has 0 heterocycles. The van der Waals surface area contributed by atoms with Crippen LogP contribution in [0, 0.1) is 0 Å². The molecule has 0 bridgehead atoms. The van der Waals surface area contributed by atoms with Crippen LogP contribution in [0.3, 0.4) is 0 Å². The van der Waals surface area contributed by atoms with E-state index in [1.807, 2.05) is 0 Å². The quantitative estimate of drug-likeness (QED) is 0.573. The second kappa shape index (κ2) is 10.4. The van der Waals surface area contributed by atoms with Crippen LogP contribution in [0.15, 0.2) is 53.4 Å². The number of nitrogens with one attached hydrogen (secondary N) is 2. The van der Waals surface area contributed by atoms with E-state index >= 15 is 0 Å². The van der Waals surface area contributed by atoms with Crippen LogP contribution in [-0.4, -0.2) is 20.9 Å². The van der Waals surface area contributed by atoms with Crippen LogP contribution < -0.4 is 10.0 Å². The Morgan fingerprint density at radius 3 is 2.26 bits per heavy atom. The predicted octanol–water partition coefficient (Wildman–Crippen LogP) is 4.38. The third-order valence-electron chi connectivity index (χ3n) is 4.05. The number of unbranched alkanes of at least 4 members (excludes halogenated alkanes) is 3. The molecule has 2 aromatic rings. The second-order valence-corrected chi connectivity index (χ2v) is 8.54. The Morgan fingerprint density at radius 1 is 0.963 bits per heavy atom. The van der Waals surface area contributed by atoms with Crippen molar-refractivity contribution >= 4 is 33.2 Å². The molecule has 0 atom stereocenters. The SMILES string of the molecule is CCCCCCNS(=O)(=O)c1ccc(NC(=O)Cc2ccc(Cl)cc2)cc1. The van der Waals surface area contributed by atoms with Crippen LogP contribution in [0.1, 0.15) is 38.2 Å². The van der Waals surface area contributed by atoms with Crippen molar-refractivity contribution in [2.45, 2.75) is 43.9 Å². The van der Waals surface area contributed by atoms with Crippen LogP contribution in [-0.2, 0) is 21.2 Å². The number of benzene rings is 2. The molecule has 0 aromatic heterocycles. The van der Waals surface area contributed by atoms with E-state index in [-0.39, 0.29) is 17.2 Å². The molecule has 146 valence electrons. The van der Waals surface area contributed by atoms with Crippen molar-refractivity contribution in [3.05, 3.63) is 59.1 Å². The zero-order chi connectivity index (χ0) is 19.7. The number of halogens is 1. The monoisotopic (exact) mass is 408 g/mol. The van der Waals surface area contributed by atoms with E-state index in [0.29, 0.717) is 17.3 Å². The Morgan fingerprint density at radius 2 is 1.63 bits per heavy atom. The van der Waals surface area contributed by atoms with Gasteiger partial charge in [-0.15, -0.1) is 0 Å². The minimum absolute atomic E-state index is 0.179. The number of sulfonamides is 1. The Kier molecular flexibility index (Phi) is 8.28. The van der Waals surface area contributed by atoms with Gasteiger partial charge in [-0.25, -0.2) is 13.1 Å². The number of hydrogen-bond acceptors (Lipinski definition) is 3. The largest absolute Gasteiger partial charge is 0.326 e. The number of carbonyl (C=O) groups is 1. The average molecular weight is 409 g/mol. The van der Waals surface area contributed by atoms with Gasteiger partial charge in [0.2, 0.25) is 15.9 Å². The lowest BCUT2D eigenvalue weighted by molar-refractivity contribution is -0.115. The van der Waals surface area contributed by atoms with Gasteiger partial charge in [0.25, 0.3) is 0 Å². The van der Waals surface area contributed by atoms with Gasteiger partial charge in [0.15, 0.2) is 0 Å². The molecule has 0 aliphatic rings. The van der Waals surface area contributed by atoms with Crippen molar-refractivity contribution in [3.63, 3.8) is 0 Å². The number of hydrogen-bond donors (Lipinski definition) is 2. The van der Waals surface area contributed by atoms with E-state index in [9.17, 15) is 13.2 Å². The molecule has 5 nitrogen and oxygen atoms in total. The first-order valence-electron chi connectivity index (χ1n) is 9.05. The molecule has 0 unspecified atom stereocenters. The Balaban J connectivity index is 1.88. The van der Waals surface area contributed by atoms with E-state index in [1.165, 1.54) is 12.1 Å². The molecule has 27 heavy (non-hydrogen) atoms. The van der Waals surface area contributed by atoms with Crippen molar-refractivity contribution in [1.82, 2.24) is 4.72 Å². The highest BCUT2D eigenvalue weighted by Gasteiger charge is 2.13. The molecule has 0 aliphatic heterocycles. The van der Waals surface area contributed by atoms with Crippen LogP contribution in [0.4, 0.5) is 5.69 Å². The molecule has 0 fully saturated rings. The number of rotatable bonds is 10. The maximum absolute atomic E-state index is 12.3. The highest BCUT2D eigenvalue weighted by molar-refractivity contribution is 7.89. The molecule has 0 saturated heterocycles. The maximum atomic E-state index is 12.3. The molecule has 0 aliphatic carbocycles. The molecule has 1 amide bonds. The summed E-state index contributed by atoms with van der Waals surface area (Å²) in [5.74, 6) is -0.179. The van der Waals surface area contributed by atoms with Crippen LogP contribution >= 0.6 is 11.6 Å². The topological polar surface area (TPSA) is 75.3 Å². The average Bonchev–Trinajstić information content (AvgIpc) is 2.64. The molecule has 0 radical (unpaired) electrons. The minimum atomic E-state index is -3.52. The summed E-state index contributed by atoms with van der Waals surface area (Å²) < 4.78 is 27.1. The first-order valence-corrected chi connectivity index (χ1v) is 10.9. The van der Waals surface area contributed by atoms with Crippen molar-refractivity contribution in [3.8, 4) is 0 Å². The highest BCUT2D eigenvalue weighted by atomic mass is 35.5. The minimum Gasteiger partial charge on any atom is -0.326 e. The Bertz CT molecular complexity index is 835. The normalized spacial score (nSPS) is 11.3. The Hall–Kier alpha value is -1.89. The van der Waals surface area contributed by atoms with E-state index in [4.69, 9.17) is 11.6 Å². The van der Waals surface area contributed by atoms with Gasteiger partial charge in [-0.1, -0.05) is 49.9 Å². The van der Waals surface area contributed by atoms with Crippen molar-refractivity contribution in [1.29, 1.82) is 0 Å². The van der Waals surface area contributed by atoms with E-state index in [0.717, 1.165) is 31.2 Å². The summed E-state index contributed by atoms with van der Waals surface area (Å²) in [5, 5.41) is 3.38. The fourth-order valence-electron chi connectivity index (χ4n) is 2.55. The second-order valence-electron chi connectivity index (χ2n) is 6.33. The fourth-order valence-corrected chi connectivity index (χ4v) is 3.75. The lowest BCUT2D eigenvalue weighted by Gasteiger charge is -2.09. The molecule has 2 aromatic carbocycles. The fraction of sp³-hybridized carbons (Fsp3) is 0.350. The van der Waals surface area contributed by atoms with Gasteiger partial charge in [-0.05, 0) is 48.4 Å². The lowest BCUT2D eigenvalue weighted by atomic mass is 10.1. The maximum Gasteiger partial charge on any atom is 0.240 e. The standard InChI is InChI=1S/C20H25ClN2O3S/c1-2-3-4-5-14-22-27(25,26)19-12-10-18(11-13-19)23-20(24)15-16-6-8-17(21)9-7-16/h6-13,22H,2-5,14-15H2,1H3,(H,23,24). The highest BCUT2D eigenvalue weighted by Crippen LogP contribution is 2.15. The summed E-state index contributed by atoms with van der Waals surface area (Å²) >= 11 is 5.83. The first kappa shape index (κ1) is 21.4. The van der Waals surface area contributed by atoms with Crippen LogP contribution in [0.25, 0.3) is 0 Å². The molecule has 2 N–H and O–H groups in total. The lowest BCUT2D eigenvalue weighted by Crippen LogP contribution is -2.24. The Labute approximate surface area is 166 Å². The first-order chi connectivity index (χ1) is 12.9. The number of amides is 1. The molecule has 0 saturated carbocycles. The molecule has 7 heteroatoms. The van der Waals surface area contributed by atoms with E-state index in [2.05, 4.69) is 17.0 Å². The summed E-state index contributed by atoms with van der Waals surface area (Å²) in [4.78, 5) is 12.3. The predicted molar refractivity (Wildman–Crippen MR) is 110 cm³/mol. The van der Waals surface area contributed by atoms with Gasteiger partial charge >= 0.3 is 0 Å². The smallest absolute Gasteiger partial charge is 0.240 e. The van der Waals surface area contributed by atoms with Gasteiger partial charge in [0, 0.05) is 17.3 Å². The molecular weight excluding hydrogens is 384 g/mol. The van der Waals surface area contributed by atoms with Crippen LogP contribution in [0.5, 0.6) is 0 Å². The van der Waals surface area contributed by atoms with E-state index in [1.54, 1.807) is 36.4 Å². The summed E-state index contributed by atoms with van der Waals surface area (Å²) in [6.07, 6.45) is 4.27. The summed E-state index contributed by atoms with van der Waals surface area (Å²) in [6, 6.07) is 13.2. The molecule has 2 rings (SSSR count). The van der Waals surface area contributed by atoms with Crippen molar-refractivity contribution in [2.24, 2.45) is 0 Å². The molecule has 0 spiro atoms. The van der Waals surface area contributed by atoms with Crippen molar-refractivity contribution < 1.29 is 13.2 Å². The number of carbonyl (C=O) groups excluding carboxylic acids is 1. The van der Waals surface area contributed by atoms with Crippen LogP contribution in [0.2, 0.25) is 5.02 Å². The van der Waals surface area contributed by atoms with Gasteiger partial charge in [-0.2, -0.15) is 0 Å². The third-order valence-corrected chi connectivity index (χ3v) is 5.78. The third kappa shape index (κ3) is 7.33. The van der Waals surface area contributed by atoms with E-state index < -0.39 is 10.0 Å². The summed E-state index contributed by atoms with van der Waals surface area (Å²) in [5.41, 5.74) is 1.40. The summed E-state index contributed by atoms with van der Waals surface area (Å²) in [6.45, 7) is 2.54. The van der Waals surface area contributed by atoms with Gasteiger partial charge in [0.05, 0.1) is 11.3 Å².